The van der Waals surface area contributed by atoms with Crippen LogP contribution in [-0.2, 0) is 9.53 Å². The van der Waals surface area contributed by atoms with Crippen molar-refractivity contribution >= 4 is 23.5 Å². The Bertz CT molecular complexity index is 861. The Morgan fingerprint density at radius 1 is 1.45 bits per heavy atom. The second-order valence-electron chi connectivity index (χ2n) is 4.10. The molecular formula is C15H13ClN2O4. The fourth-order valence-corrected chi connectivity index (χ4v) is 1.73. The van der Waals surface area contributed by atoms with Crippen LogP contribution < -0.4 is 5.32 Å². The van der Waals surface area contributed by atoms with E-state index in [1.165, 1.54) is 19.4 Å². The number of carbonyl (C=O) groups is 2. The number of methoxy groups -OCH3 is 1. The molecule has 2 N–H and O–H groups in total. The summed E-state index contributed by atoms with van der Waals surface area (Å²) in [6.45, 7) is -0.382. The summed E-state index contributed by atoms with van der Waals surface area (Å²) in [6, 6.07) is 1.79. The highest BCUT2D eigenvalue weighted by Gasteiger charge is 2.15. The standard InChI is InChI=1S/C15H13ClN2O4/c1-22-13(20)8-18-15(21)14-12(19)6-10(7-17-14)9-3-2-4-11(16)5-9/h2-7,19H,8H2,1H3,(H,18,21)/i3D,4D,5D. The van der Waals surface area contributed by atoms with Crippen LogP contribution in [0.5, 0.6) is 5.75 Å². The molecule has 0 unspecified atom stereocenters. The number of pyridine rings is 1. The van der Waals surface area contributed by atoms with Gasteiger partial charge in [0.1, 0.15) is 12.3 Å². The van der Waals surface area contributed by atoms with Crippen molar-refractivity contribution in [3.63, 3.8) is 0 Å². The summed E-state index contributed by atoms with van der Waals surface area (Å²) in [6.07, 6.45) is 1.19. The number of amides is 1. The molecule has 1 aromatic heterocycles. The highest BCUT2D eigenvalue weighted by atomic mass is 35.5. The molecule has 1 aromatic carbocycles. The zero-order chi connectivity index (χ0) is 18.7. The Kier molecular flexibility index (Phi) is 3.77. The average molecular weight is 324 g/mol. The van der Waals surface area contributed by atoms with E-state index in [0.717, 1.165) is 6.07 Å². The summed E-state index contributed by atoms with van der Waals surface area (Å²) in [5, 5.41) is 12.1. The third-order valence-corrected chi connectivity index (χ3v) is 2.85. The SMILES string of the molecule is [2H]c1cc([2H])c(-c2cnc(C(=O)NCC(=O)OC)c(O)c2)c([2H])c1Cl. The van der Waals surface area contributed by atoms with E-state index in [9.17, 15) is 14.7 Å². The number of hydrogen-bond donors (Lipinski definition) is 2. The topological polar surface area (TPSA) is 88.5 Å². The van der Waals surface area contributed by atoms with Gasteiger partial charge in [0.05, 0.1) is 11.2 Å². The van der Waals surface area contributed by atoms with Gasteiger partial charge in [0.2, 0.25) is 0 Å². The van der Waals surface area contributed by atoms with Crippen LogP contribution in [0, 0.1) is 0 Å². The number of hydrogen-bond acceptors (Lipinski definition) is 5. The quantitative estimate of drug-likeness (QED) is 0.840. The van der Waals surface area contributed by atoms with Crippen LogP contribution in [0.2, 0.25) is 5.02 Å². The van der Waals surface area contributed by atoms with Crippen molar-refractivity contribution in [2.45, 2.75) is 0 Å². The number of esters is 1. The van der Waals surface area contributed by atoms with Crippen LogP contribution in [0.25, 0.3) is 11.1 Å². The first-order valence-corrected chi connectivity index (χ1v) is 6.44. The molecule has 0 atom stereocenters. The Balaban J connectivity index is 2.36. The van der Waals surface area contributed by atoms with Crippen molar-refractivity contribution in [3.05, 3.63) is 47.2 Å². The molecule has 1 heterocycles. The molecule has 7 heteroatoms. The van der Waals surface area contributed by atoms with Gasteiger partial charge in [0, 0.05) is 16.8 Å². The van der Waals surface area contributed by atoms with Crippen molar-refractivity contribution in [2.75, 3.05) is 13.7 Å². The molecule has 0 fully saturated rings. The number of ether oxygens (including phenoxy) is 1. The molecule has 114 valence electrons. The van der Waals surface area contributed by atoms with E-state index in [-0.39, 0.29) is 46.5 Å². The zero-order valence-electron chi connectivity index (χ0n) is 14.4. The Morgan fingerprint density at radius 2 is 2.23 bits per heavy atom. The van der Waals surface area contributed by atoms with Crippen LogP contribution >= 0.6 is 11.6 Å². The molecule has 6 nitrogen and oxygen atoms in total. The lowest BCUT2D eigenvalue weighted by Gasteiger charge is -2.07. The molecule has 0 aliphatic heterocycles. The Morgan fingerprint density at radius 3 is 2.91 bits per heavy atom. The maximum absolute atomic E-state index is 11.9. The van der Waals surface area contributed by atoms with Gasteiger partial charge >= 0.3 is 5.97 Å². The van der Waals surface area contributed by atoms with Crippen LogP contribution in [-0.4, -0.2) is 35.6 Å². The van der Waals surface area contributed by atoms with Crippen LogP contribution in [0.1, 0.15) is 14.6 Å². The van der Waals surface area contributed by atoms with Gasteiger partial charge in [-0.25, -0.2) is 4.98 Å². The normalized spacial score (nSPS) is 12.0. The lowest BCUT2D eigenvalue weighted by molar-refractivity contribution is -0.139. The molecule has 1 amide bonds. The third-order valence-electron chi connectivity index (χ3n) is 2.64. The van der Waals surface area contributed by atoms with Gasteiger partial charge < -0.3 is 15.2 Å². The van der Waals surface area contributed by atoms with Gasteiger partial charge in [0.25, 0.3) is 5.91 Å². The van der Waals surface area contributed by atoms with Gasteiger partial charge in [-0.1, -0.05) is 23.7 Å². The lowest BCUT2D eigenvalue weighted by Crippen LogP contribution is -2.30. The first kappa shape index (κ1) is 12.0. The summed E-state index contributed by atoms with van der Waals surface area (Å²) in [4.78, 5) is 26.7. The molecule has 0 saturated heterocycles. The summed E-state index contributed by atoms with van der Waals surface area (Å²) in [5.74, 6) is -1.94. The van der Waals surface area contributed by atoms with E-state index in [4.69, 9.17) is 15.7 Å². The van der Waals surface area contributed by atoms with Gasteiger partial charge in [-0.05, 0) is 23.7 Å². The molecular weight excluding hydrogens is 308 g/mol. The minimum Gasteiger partial charge on any atom is -0.505 e. The predicted molar refractivity (Wildman–Crippen MR) is 80.7 cm³/mol. The maximum Gasteiger partial charge on any atom is 0.325 e. The first-order valence-electron chi connectivity index (χ1n) is 7.57. The maximum atomic E-state index is 11.9. The molecule has 0 bridgehead atoms. The molecule has 0 aliphatic carbocycles. The first-order chi connectivity index (χ1) is 11.8. The fraction of sp³-hybridized carbons (Fsp3) is 0.133. The second kappa shape index (κ2) is 6.91. The van der Waals surface area contributed by atoms with E-state index in [1.54, 1.807) is 0 Å². The minimum absolute atomic E-state index is 0.0744. The largest absolute Gasteiger partial charge is 0.505 e. The molecule has 0 spiro atoms. The van der Waals surface area contributed by atoms with E-state index < -0.39 is 17.6 Å². The van der Waals surface area contributed by atoms with Crippen molar-refractivity contribution in [1.29, 1.82) is 0 Å². The summed E-state index contributed by atoms with van der Waals surface area (Å²) >= 11 is 5.86. The van der Waals surface area contributed by atoms with Crippen LogP contribution in [0.15, 0.2) is 36.5 Å². The number of benzene rings is 1. The number of halogens is 1. The van der Waals surface area contributed by atoms with Crippen molar-refractivity contribution < 1.29 is 23.5 Å². The predicted octanol–water partition coefficient (Wildman–Crippen LogP) is 2.01. The molecule has 0 radical (unpaired) electrons. The highest BCUT2D eigenvalue weighted by Crippen LogP contribution is 2.26. The molecule has 0 aliphatic rings. The number of aromatic hydroxyl groups is 1. The van der Waals surface area contributed by atoms with Gasteiger partial charge in [-0.2, -0.15) is 0 Å². The van der Waals surface area contributed by atoms with Crippen molar-refractivity contribution in [3.8, 4) is 16.9 Å². The summed E-state index contributed by atoms with van der Waals surface area (Å²) < 4.78 is 27.8. The summed E-state index contributed by atoms with van der Waals surface area (Å²) in [7, 11) is 1.17. The zero-order valence-corrected chi connectivity index (χ0v) is 12.2. The Labute approximate surface area is 135 Å². The molecule has 2 rings (SSSR count). The fourth-order valence-electron chi connectivity index (χ4n) is 1.58. The van der Waals surface area contributed by atoms with Gasteiger partial charge in [-0.15, -0.1) is 0 Å². The molecule has 0 saturated carbocycles. The van der Waals surface area contributed by atoms with E-state index in [0.29, 0.717) is 0 Å². The highest BCUT2D eigenvalue weighted by molar-refractivity contribution is 6.30. The summed E-state index contributed by atoms with van der Waals surface area (Å²) in [5.41, 5.74) is -0.0573. The van der Waals surface area contributed by atoms with E-state index in [2.05, 4.69) is 15.0 Å². The van der Waals surface area contributed by atoms with E-state index >= 15 is 0 Å². The van der Waals surface area contributed by atoms with Crippen LogP contribution in [0.3, 0.4) is 0 Å². The molecule has 2 aromatic rings. The van der Waals surface area contributed by atoms with Gasteiger partial charge in [0.15, 0.2) is 5.69 Å². The monoisotopic (exact) mass is 323 g/mol. The number of nitrogens with one attached hydrogen (secondary N) is 1. The number of nitrogens with zero attached hydrogens (tertiary/aromatic N) is 1. The number of aromatic nitrogens is 1. The average Bonchev–Trinajstić information content (AvgIpc) is 2.57. The van der Waals surface area contributed by atoms with Crippen molar-refractivity contribution in [2.24, 2.45) is 0 Å². The Hall–Kier alpha value is -2.60. The van der Waals surface area contributed by atoms with Crippen molar-refractivity contribution in [1.82, 2.24) is 10.3 Å². The lowest BCUT2D eigenvalue weighted by atomic mass is 10.1. The van der Waals surface area contributed by atoms with Crippen LogP contribution in [0.4, 0.5) is 0 Å². The van der Waals surface area contributed by atoms with Gasteiger partial charge in [-0.3, -0.25) is 9.59 Å². The third kappa shape index (κ3) is 3.73. The number of carbonyl (C=O) groups excluding carboxylic acids is 2. The second-order valence-corrected chi connectivity index (χ2v) is 4.48. The minimum atomic E-state index is -0.786. The van der Waals surface area contributed by atoms with E-state index in [1.807, 2.05) is 0 Å². The smallest absolute Gasteiger partial charge is 0.325 e. The number of rotatable bonds is 4. The molecule has 22 heavy (non-hydrogen) atoms.